The van der Waals surface area contributed by atoms with E-state index in [1.807, 2.05) is 0 Å². The van der Waals surface area contributed by atoms with Gasteiger partial charge in [-0.2, -0.15) is 0 Å². The maximum atomic E-state index is 13.0. The molecule has 0 aliphatic heterocycles. The SMILES string of the molecule is Cc1nc(C(=O)NC2CCCCC2)ccc1F. The van der Waals surface area contributed by atoms with E-state index >= 15 is 0 Å². The van der Waals surface area contributed by atoms with Crippen LogP contribution in [0.15, 0.2) is 12.1 Å². The lowest BCUT2D eigenvalue weighted by Gasteiger charge is -2.22. The van der Waals surface area contributed by atoms with Gasteiger partial charge in [-0.15, -0.1) is 0 Å². The molecule has 0 saturated heterocycles. The molecular formula is C13H17FN2O. The number of pyridine rings is 1. The molecule has 0 bridgehead atoms. The van der Waals surface area contributed by atoms with Crippen LogP contribution in [0, 0.1) is 12.7 Å². The minimum absolute atomic E-state index is 0.194. The standard InChI is InChI=1S/C13H17FN2O/c1-9-11(14)7-8-12(15-9)13(17)16-10-5-3-2-4-6-10/h7-8,10H,2-6H2,1H3,(H,16,17). The van der Waals surface area contributed by atoms with Crippen LogP contribution >= 0.6 is 0 Å². The van der Waals surface area contributed by atoms with Crippen molar-refractivity contribution in [3.63, 3.8) is 0 Å². The molecule has 1 aromatic heterocycles. The first kappa shape index (κ1) is 12.0. The molecule has 0 atom stereocenters. The van der Waals surface area contributed by atoms with E-state index in [2.05, 4.69) is 10.3 Å². The highest BCUT2D eigenvalue weighted by Crippen LogP contribution is 2.17. The minimum Gasteiger partial charge on any atom is -0.348 e. The fourth-order valence-corrected chi connectivity index (χ4v) is 2.18. The predicted molar refractivity (Wildman–Crippen MR) is 63.3 cm³/mol. The van der Waals surface area contributed by atoms with E-state index in [9.17, 15) is 9.18 Å². The Hall–Kier alpha value is -1.45. The van der Waals surface area contributed by atoms with E-state index in [1.54, 1.807) is 6.92 Å². The van der Waals surface area contributed by atoms with Crippen molar-refractivity contribution >= 4 is 5.91 Å². The Morgan fingerprint density at radius 1 is 1.35 bits per heavy atom. The number of carbonyl (C=O) groups is 1. The average molecular weight is 236 g/mol. The fourth-order valence-electron chi connectivity index (χ4n) is 2.18. The van der Waals surface area contributed by atoms with E-state index in [0.29, 0.717) is 5.69 Å². The summed E-state index contributed by atoms with van der Waals surface area (Å²) in [7, 11) is 0. The van der Waals surface area contributed by atoms with E-state index < -0.39 is 0 Å². The van der Waals surface area contributed by atoms with Crippen molar-refractivity contribution in [2.75, 3.05) is 0 Å². The van der Waals surface area contributed by atoms with Gasteiger partial charge in [-0.05, 0) is 31.9 Å². The van der Waals surface area contributed by atoms with Gasteiger partial charge in [0.1, 0.15) is 11.5 Å². The Balaban J connectivity index is 2.01. The van der Waals surface area contributed by atoms with Crippen LogP contribution in [-0.2, 0) is 0 Å². The van der Waals surface area contributed by atoms with Crippen LogP contribution in [0.25, 0.3) is 0 Å². The van der Waals surface area contributed by atoms with Gasteiger partial charge in [-0.1, -0.05) is 19.3 Å². The molecule has 1 aliphatic rings. The topological polar surface area (TPSA) is 42.0 Å². The second kappa shape index (κ2) is 5.25. The number of nitrogens with zero attached hydrogens (tertiary/aromatic N) is 1. The van der Waals surface area contributed by atoms with Crippen molar-refractivity contribution in [1.29, 1.82) is 0 Å². The molecule has 0 aromatic carbocycles. The zero-order chi connectivity index (χ0) is 12.3. The lowest BCUT2D eigenvalue weighted by molar-refractivity contribution is 0.0922. The summed E-state index contributed by atoms with van der Waals surface area (Å²) in [5.41, 5.74) is 0.566. The first-order valence-corrected chi connectivity index (χ1v) is 6.11. The highest BCUT2D eigenvalue weighted by atomic mass is 19.1. The van der Waals surface area contributed by atoms with Crippen LogP contribution in [-0.4, -0.2) is 16.9 Å². The van der Waals surface area contributed by atoms with Gasteiger partial charge < -0.3 is 5.32 Å². The summed E-state index contributed by atoms with van der Waals surface area (Å²) in [6, 6.07) is 2.97. The zero-order valence-electron chi connectivity index (χ0n) is 10.0. The summed E-state index contributed by atoms with van der Waals surface area (Å²) in [6.07, 6.45) is 5.65. The Kier molecular flexibility index (Phi) is 3.71. The molecule has 92 valence electrons. The average Bonchev–Trinajstić information content (AvgIpc) is 2.34. The van der Waals surface area contributed by atoms with Gasteiger partial charge >= 0.3 is 0 Å². The van der Waals surface area contributed by atoms with Crippen molar-refractivity contribution in [3.05, 3.63) is 29.3 Å². The zero-order valence-corrected chi connectivity index (χ0v) is 10.0. The van der Waals surface area contributed by atoms with Crippen LogP contribution in [0.3, 0.4) is 0 Å². The predicted octanol–water partition coefficient (Wildman–Crippen LogP) is 2.59. The summed E-state index contributed by atoms with van der Waals surface area (Å²) < 4.78 is 13.0. The monoisotopic (exact) mass is 236 g/mol. The Bertz CT molecular complexity index is 414. The molecule has 1 fully saturated rings. The Labute approximate surface area is 100 Å². The van der Waals surface area contributed by atoms with Crippen LogP contribution in [0.5, 0.6) is 0 Å². The third-order valence-corrected chi connectivity index (χ3v) is 3.19. The summed E-state index contributed by atoms with van der Waals surface area (Å²) in [5.74, 6) is -0.570. The van der Waals surface area contributed by atoms with Gasteiger partial charge in [0.05, 0.1) is 5.69 Å². The molecule has 1 amide bonds. The van der Waals surface area contributed by atoms with E-state index in [4.69, 9.17) is 0 Å². The Morgan fingerprint density at radius 3 is 2.71 bits per heavy atom. The van der Waals surface area contributed by atoms with Crippen LogP contribution in [0.2, 0.25) is 0 Å². The van der Waals surface area contributed by atoms with E-state index in [0.717, 1.165) is 12.8 Å². The molecule has 1 aromatic rings. The molecule has 1 aliphatic carbocycles. The summed E-state index contributed by atoms with van der Waals surface area (Å²) in [4.78, 5) is 15.8. The molecule has 3 nitrogen and oxygen atoms in total. The molecule has 0 spiro atoms. The molecule has 2 rings (SSSR count). The van der Waals surface area contributed by atoms with Gasteiger partial charge in [-0.3, -0.25) is 4.79 Å². The van der Waals surface area contributed by atoms with Crippen molar-refractivity contribution < 1.29 is 9.18 Å². The highest BCUT2D eigenvalue weighted by Gasteiger charge is 2.17. The summed E-state index contributed by atoms with van der Waals surface area (Å²) in [6.45, 7) is 1.56. The second-order valence-electron chi connectivity index (χ2n) is 4.57. The Morgan fingerprint density at radius 2 is 2.06 bits per heavy atom. The molecular weight excluding hydrogens is 219 g/mol. The molecule has 17 heavy (non-hydrogen) atoms. The first-order chi connectivity index (χ1) is 8.16. The lowest BCUT2D eigenvalue weighted by Crippen LogP contribution is -2.36. The van der Waals surface area contributed by atoms with Crippen LogP contribution in [0.4, 0.5) is 4.39 Å². The maximum absolute atomic E-state index is 13.0. The third kappa shape index (κ3) is 3.02. The van der Waals surface area contributed by atoms with E-state index in [1.165, 1.54) is 31.4 Å². The molecule has 1 heterocycles. The second-order valence-corrected chi connectivity index (χ2v) is 4.57. The smallest absolute Gasteiger partial charge is 0.270 e. The molecule has 0 unspecified atom stereocenters. The van der Waals surface area contributed by atoms with Gasteiger partial charge in [0.15, 0.2) is 0 Å². The third-order valence-electron chi connectivity index (χ3n) is 3.19. The largest absolute Gasteiger partial charge is 0.348 e. The van der Waals surface area contributed by atoms with Crippen molar-refractivity contribution in [2.24, 2.45) is 0 Å². The summed E-state index contributed by atoms with van der Waals surface area (Å²) in [5, 5.41) is 2.96. The van der Waals surface area contributed by atoms with Crippen LogP contribution < -0.4 is 5.32 Å². The van der Waals surface area contributed by atoms with Crippen molar-refractivity contribution in [1.82, 2.24) is 10.3 Å². The van der Waals surface area contributed by atoms with Gasteiger partial charge in [0.2, 0.25) is 0 Å². The number of aromatic nitrogens is 1. The molecule has 4 heteroatoms. The minimum atomic E-state index is -0.376. The number of hydrogen-bond donors (Lipinski definition) is 1. The first-order valence-electron chi connectivity index (χ1n) is 6.11. The number of aryl methyl sites for hydroxylation is 1. The van der Waals surface area contributed by atoms with Gasteiger partial charge in [-0.25, -0.2) is 9.37 Å². The van der Waals surface area contributed by atoms with Crippen molar-refractivity contribution in [2.45, 2.75) is 45.1 Å². The fraction of sp³-hybridized carbons (Fsp3) is 0.538. The number of halogens is 1. The normalized spacial score (nSPS) is 16.8. The van der Waals surface area contributed by atoms with Crippen LogP contribution in [0.1, 0.15) is 48.3 Å². The lowest BCUT2D eigenvalue weighted by atomic mass is 9.95. The maximum Gasteiger partial charge on any atom is 0.270 e. The number of nitrogens with one attached hydrogen (secondary N) is 1. The van der Waals surface area contributed by atoms with E-state index in [-0.39, 0.29) is 23.5 Å². The quantitative estimate of drug-likeness (QED) is 0.857. The number of rotatable bonds is 2. The number of hydrogen-bond acceptors (Lipinski definition) is 2. The molecule has 1 N–H and O–H groups in total. The molecule has 0 radical (unpaired) electrons. The summed E-state index contributed by atoms with van der Waals surface area (Å²) >= 11 is 0. The number of amides is 1. The highest BCUT2D eigenvalue weighted by molar-refractivity contribution is 5.92. The molecule has 1 saturated carbocycles. The van der Waals surface area contributed by atoms with Gasteiger partial charge in [0, 0.05) is 6.04 Å². The van der Waals surface area contributed by atoms with Crippen molar-refractivity contribution in [3.8, 4) is 0 Å². The number of carbonyl (C=O) groups excluding carboxylic acids is 1. The van der Waals surface area contributed by atoms with Gasteiger partial charge in [0.25, 0.3) is 5.91 Å².